The van der Waals surface area contributed by atoms with Gasteiger partial charge in [-0.3, -0.25) is 4.79 Å². The number of anilines is 1. The molecular weight excluding hydrogens is 384 g/mol. The van der Waals surface area contributed by atoms with E-state index in [-0.39, 0.29) is 29.6 Å². The average Bonchev–Trinajstić information content (AvgIpc) is 2.62. The Kier molecular flexibility index (Phi) is 7.27. The van der Waals surface area contributed by atoms with Gasteiger partial charge in [-0.25, -0.2) is 8.42 Å². The Hall–Kier alpha value is -2.05. The third kappa shape index (κ3) is 5.47. The van der Waals surface area contributed by atoms with Gasteiger partial charge in [0.15, 0.2) is 9.84 Å². The van der Waals surface area contributed by atoms with Gasteiger partial charge in [0.1, 0.15) is 5.25 Å². The summed E-state index contributed by atoms with van der Waals surface area (Å²) in [4.78, 5) is 14.0. The topological polar surface area (TPSA) is 66.5 Å². The summed E-state index contributed by atoms with van der Waals surface area (Å²) in [6, 6.07) is 14.1. The molecule has 0 fully saturated rings. The van der Waals surface area contributed by atoms with Crippen molar-refractivity contribution in [3.63, 3.8) is 0 Å². The lowest BCUT2D eigenvalue weighted by Crippen LogP contribution is -2.32. The van der Waals surface area contributed by atoms with Crippen molar-refractivity contribution in [2.24, 2.45) is 0 Å². The van der Waals surface area contributed by atoms with Gasteiger partial charge in [0.25, 0.3) is 0 Å². The lowest BCUT2D eigenvalue weighted by atomic mass is 10.1. The third-order valence-electron chi connectivity index (χ3n) is 4.31. The van der Waals surface area contributed by atoms with Crippen LogP contribution >= 0.6 is 11.6 Å². The fraction of sp³-hybridized carbons (Fsp3) is 0.350. The molecule has 0 radical (unpaired) electrons. The molecule has 2 aromatic rings. The SMILES string of the molecule is Cc1ccc(S(=O)(=O)[C@@H](CNC(=O)CCCl)c2ccc(N(C)C)cc2)cc1. The van der Waals surface area contributed by atoms with Crippen LogP contribution in [0.5, 0.6) is 0 Å². The molecule has 0 saturated carbocycles. The van der Waals surface area contributed by atoms with Crippen LogP contribution in [0.25, 0.3) is 0 Å². The van der Waals surface area contributed by atoms with Crippen molar-refractivity contribution in [2.45, 2.75) is 23.5 Å². The Balaban J connectivity index is 2.39. The van der Waals surface area contributed by atoms with E-state index >= 15 is 0 Å². The van der Waals surface area contributed by atoms with Crippen molar-refractivity contribution in [1.29, 1.82) is 0 Å². The fourth-order valence-corrected chi connectivity index (χ4v) is 4.50. The summed E-state index contributed by atoms with van der Waals surface area (Å²) in [6.07, 6.45) is 0.151. The zero-order valence-electron chi connectivity index (χ0n) is 15.8. The largest absolute Gasteiger partial charge is 0.378 e. The summed E-state index contributed by atoms with van der Waals surface area (Å²) in [5, 5.41) is 1.81. The third-order valence-corrected chi connectivity index (χ3v) is 6.62. The van der Waals surface area contributed by atoms with Crippen molar-refractivity contribution in [3.8, 4) is 0 Å². The van der Waals surface area contributed by atoms with E-state index in [1.807, 2.05) is 38.1 Å². The Morgan fingerprint density at radius 2 is 1.67 bits per heavy atom. The zero-order valence-corrected chi connectivity index (χ0v) is 17.3. The number of amides is 1. The molecule has 1 amide bonds. The van der Waals surface area contributed by atoms with Gasteiger partial charge in [-0.05, 0) is 36.8 Å². The van der Waals surface area contributed by atoms with Crippen molar-refractivity contribution < 1.29 is 13.2 Å². The molecule has 0 spiro atoms. The lowest BCUT2D eigenvalue weighted by Gasteiger charge is -2.20. The molecule has 1 atom stereocenters. The second kappa shape index (κ2) is 9.24. The van der Waals surface area contributed by atoms with E-state index in [9.17, 15) is 13.2 Å². The van der Waals surface area contributed by atoms with Gasteiger partial charge in [0.05, 0.1) is 4.90 Å². The van der Waals surface area contributed by atoms with Crippen molar-refractivity contribution in [3.05, 3.63) is 59.7 Å². The van der Waals surface area contributed by atoms with Crippen LogP contribution in [0.4, 0.5) is 5.69 Å². The smallest absolute Gasteiger partial charge is 0.221 e. The highest BCUT2D eigenvalue weighted by atomic mass is 35.5. The number of carbonyl (C=O) groups excluding carboxylic acids is 1. The maximum atomic E-state index is 13.2. The van der Waals surface area contributed by atoms with Crippen LogP contribution < -0.4 is 10.2 Å². The van der Waals surface area contributed by atoms with Gasteiger partial charge in [0.2, 0.25) is 5.91 Å². The van der Waals surface area contributed by atoms with Gasteiger partial charge in [-0.2, -0.15) is 0 Å². The zero-order chi connectivity index (χ0) is 20.0. The van der Waals surface area contributed by atoms with E-state index < -0.39 is 15.1 Å². The number of sulfone groups is 1. The van der Waals surface area contributed by atoms with Gasteiger partial charge in [-0.15, -0.1) is 11.6 Å². The van der Waals surface area contributed by atoms with Gasteiger partial charge >= 0.3 is 0 Å². The first-order valence-corrected chi connectivity index (χ1v) is 10.7. The molecule has 0 aliphatic carbocycles. The number of rotatable bonds is 8. The fourth-order valence-electron chi connectivity index (χ4n) is 2.67. The Morgan fingerprint density at radius 3 is 2.19 bits per heavy atom. The molecule has 0 aromatic heterocycles. The van der Waals surface area contributed by atoms with E-state index in [1.54, 1.807) is 36.4 Å². The van der Waals surface area contributed by atoms with Crippen LogP contribution in [0.1, 0.15) is 22.8 Å². The van der Waals surface area contributed by atoms with Gasteiger partial charge in [0, 0.05) is 38.6 Å². The molecule has 2 aromatic carbocycles. The average molecular weight is 409 g/mol. The van der Waals surface area contributed by atoms with Gasteiger partial charge in [-0.1, -0.05) is 29.8 Å². The molecule has 5 nitrogen and oxygen atoms in total. The van der Waals surface area contributed by atoms with Gasteiger partial charge < -0.3 is 10.2 Å². The van der Waals surface area contributed by atoms with E-state index in [0.29, 0.717) is 5.56 Å². The molecule has 7 heteroatoms. The minimum atomic E-state index is -3.68. The van der Waals surface area contributed by atoms with E-state index in [1.165, 1.54) is 0 Å². The van der Waals surface area contributed by atoms with Crippen LogP contribution in [0.3, 0.4) is 0 Å². The van der Waals surface area contributed by atoms with Crippen LogP contribution in [0.2, 0.25) is 0 Å². The monoisotopic (exact) mass is 408 g/mol. The standard InChI is InChI=1S/C20H25ClN2O3S/c1-15-4-10-18(11-5-15)27(25,26)19(14-22-20(24)12-13-21)16-6-8-17(9-7-16)23(2)3/h4-11,19H,12-14H2,1-3H3,(H,22,24)/t19-/m0/s1. The highest BCUT2D eigenvalue weighted by Gasteiger charge is 2.29. The van der Waals surface area contributed by atoms with E-state index in [0.717, 1.165) is 11.3 Å². The van der Waals surface area contributed by atoms with E-state index in [4.69, 9.17) is 11.6 Å². The number of nitrogens with one attached hydrogen (secondary N) is 1. The maximum absolute atomic E-state index is 13.2. The highest BCUT2D eigenvalue weighted by Crippen LogP contribution is 2.30. The molecule has 0 saturated heterocycles. The minimum Gasteiger partial charge on any atom is -0.378 e. The molecule has 0 aliphatic heterocycles. The van der Waals surface area contributed by atoms with Crippen molar-refractivity contribution in [2.75, 3.05) is 31.4 Å². The molecule has 2 rings (SSSR count). The number of halogens is 1. The normalized spacial score (nSPS) is 12.4. The first-order chi connectivity index (χ1) is 12.8. The number of hydrogen-bond donors (Lipinski definition) is 1. The number of hydrogen-bond acceptors (Lipinski definition) is 4. The molecule has 146 valence electrons. The predicted molar refractivity (Wildman–Crippen MR) is 110 cm³/mol. The van der Waals surface area contributed by atoms with E-state index in [2.05, 4.69) is 5.32 Å². The number of benzene rings is 2. The number of aryl methyl sites for hydroxylation is 1. The summed E-state index contributed by atoms with van der Waals surface area (Å²) in [7, 11) is 0.161. The summed E-state index contributed by atoms with van der Waals surface area (Å²) < 4.78 is 26.5. The second-order valence-electron chi connectivity index (χ2n) is 6.58. The molecular formula is C20H25ClN2O3S. The number of alkyl halides is 1. The first kappa shape index (κ1) is 21.3. The number of carbonyl (C=O) groups is 1. The summed E-state index contributed by atoms with van der Waals surface area (Å²) in [5.74, 6) is -0.0716. The lowest BCUT2D eigenvalue weighted by molar-refractivity contribution is -0.120. The number of nitrogens with zero attached hydrogens (tertiary/aromatic N) is 1. The molecule has 0 heterocycles. The summed E-state index contributed by atoms with van der Waals surface area (Å²) in [6.45, 7) is 1.90. The Bertz CT molecular complexity index is 863. The highest BCUT2D eigenvalue weighted by molar-refractivity contribution is 7.91. The molecule has 27 heavy (non-hydrogen) atoms. The Labute approximate surface area is 166 Å². The van der Waals surface area contributed by atoms with Crippen LogP contribution in [0, 0.1) is 6.92 Å². The molecule has 0 unspecified atom stereocenters. The van der Waals surface area contributed by atoms with Crippen LogP contribution in [-0.2, 0) is 14.6 Å². The van der Waals surface area contributed by atoms with Crippen LogP contribution in [-0.4, -0.2) is 40.8 Å². The first-order valence-electron chi connectivity index (χ1n) is 8.66. The quantitative estimate of drug-likeness (QED) is 0.680. The molecule has 0 bridgehead atoms. The summed E-state index contributed by atoms with van der Waals surface area (Å²) >= 11 is 5.59. The summed E-state index contributed by atoms with van der Waals surface area (Å²) in [5.41, 5.74) is 2.58. The van der Waals surface area contributed by atoms with Crippen LogP contribution in [0.15, 0.2) is 53.4 Å². The molecule has 1 N–H and O–H groups in total. The van der Waals surface area contributed by atoms with Crippen molar-refractivity contribution >= 4 is 33.0 Å². The predicted octanol–water partition coefficient (Wildman–Crippen LogP) is 3.32. The second-order valence-corrected chi connectivity index (χ2v) is 9.08. The maximum Gasteiger partial charge on any atom is 0.221 e. The van der Waals surface area contributed by atoms with Crippen molar-refractivity contribution in [1.82, 2.24) is 5.32 Å². The Morgan fingerprint density at radius 1 is 1.07 bits per heavy atom. The minimum absolute atomic E-state index is 0.00670. The molecule has 0 aliphatic rings.